The molecule has 0 saturated carbocycles. The van der Waals surface area contributed by atoms with Crippen LogP contribution < -0.4 is 9.47 Å². The quantitative estimate of drug-likeness (QED) is 0.603. The second kappa shape index (κ2) is 9.89. The molecule has 6 heteroatoms. The fourth-order valence-electron chi connectivity index (χ4n) is 3.37. The van der Waals surface area contributed by atoms with E-state index in [1.807, 2.05) is 71.8 Å². The van der Waals surface area contributed by atoms with Crippen LogP contribution in [0.3, 0.4) is 0 Å². The molecular formula is C24H25N3O3. The molecule has 154 valence electrons. The second-order valence-corrected chi connectivity index (χ2v) is 7.19. The summed E-state index contributed by atoms with van der Waals surface area (Å²) >= 11 is 0. The first-order valence-electron chi connectivity index (χ1n) is 10.1. The van der Waals surface area contributed by atoms with Crippen molar-refractivity contribution in [2.75, 3.05) is 32.8 Å². The Kier molecular flexibility index (Phi) is 6.57. The van der Waals surface area contributed by atoms with Gasteiger partial charge in [0.2, 0.25) is 0 Å². The fraction of sp³-hybridized carbons (Fsp3) is 0.250. The molecule has 6 nitrogen and oxygen atoms in total. The van der Waals surface area contributed by atoms with E-state index >= 15 is 0 Å². The maximum absolute atomic E-state index is 12.5. The molecule has 1 aliphatic rings. The van der Waals surface area contributed by atoms with Crippen molar-refractivity contribution in [1.29, 1.82) is 0 Å². The Balaban J connectivity index is 1.20. The summed E-state index contributed by atoms with van der Waals surface area (Å²) in [7, 11) is 0. The molecule has 0 radical (unpaired) electrons. The highest BCUT2D eigenvalue weighted by Crippen LogP contribution is 2.23. The Morgan fingerprint density at radius 3 is 2.23 bits per heavy atom. The molecule has 30 heavy (non-hydrogen) atoms. The number of carbonyl (C=O) groups is 1. The summed E-state index contributed by atoms with van der Waals surface area (Å²) in [6.45, 7) is 4.04. The Morgan fingerprint density at radius 2 is 1.53 bits per heavy atom. The predicted molar refractivity (Wildman–Crippen MR) is 115 cm³/mol. The summed E-state index contributed by atoms with van der Waals surface area (Å²) in [5.74, 6) is 2.17. The number of hydrogen-bond donors (Lipinski definition) is 0. The number of aromatic nitrogens is 1. The van der Waals surface area contributed by atoms with Crippen molar-refractivity contribution in [1.82, 2.24) is 14.8 Å². The van der Waals surface area contributed by atoms with Crippen LogP contribution in [0.1, 0.15) is 5.56 Å². The summed E-state index contributed by atoms with van der Waals surface area (Å²) in [6, 6.07) is 20.9. The SMILES string of the molecule is O=C(COc1ccc(Oc2ccccc2)cc1)N1CCN(Cc2cccnc2)CC1. The largest absolute Gasteiger partial charge is 0.484 e. The van der Waals surface area contributed by atoms with Crippen molar-refractivity contribution in [3.05, 3.63) is 84.7 Å². The number of rotatable bonds is 7. The molecule has 3 aromatic rings. The molecule has 0 atom stereocenters. The minimum atomic E-state index is 0.0145. The Morgan fingerprint density at radius 1 is 0.833 bits per heavy atom. The molecule has 1 aliphatic heterocycles. The number of amides is 1. The van der Waals surface area contributed by atoms with Gasteiger partial charge in [0.15, 0.2) is 6.61 Å². The zero-order valence-corrected chi connectivity index (χ0v) is 16.8. The third-order valence-corrected chi connectivity index (χ3v) is 5.02. The molecule has 1 aromatic heterocycles. The summed E-state index contributed by atoms with van der Waals surface area (Å²) in [6.07, 6.45) is 3.67. The average Bonchev–Trinajstić information content (AvgIpc) is 2.80. The molecule has 0 N–H and O–H groups in total. The third kappa shape index (κ3) is 5.58. The number of para-hydroxylation sites is 1. The van der Waals surface area contributed by atoms with Gasteiger partial charge in [-0.25, -0.2) is 0 Å². The van der Waals surface area contributed by atoms with E-state index in [0.29, 0.717) is 18.8 Å². The van der Waals surface area contributed by atoms with Crippen LogP contribution in [-0.2, 0) is 11.3 Å². The summed E-state index contributed by atoms with van der Waals surface area (Å²) in [4.78, 5) is 20.9. The van der Waals surface area contributed by atoms with Gasteiger partial charge in [0, 0.05) is 45.1 Å². The van der Waals surface area contributed by atoms with Gasteiger partial charge in [0.25, 0.3) is 5.91 Å². The van der Waals surface area contributed by atoms with E-state index in [2.05, 4.69) is 16.0 Å². The number of nitrogens with zero attached hydrogens (tertiary/aromatic N) is 3. The molecule has 0 aliphatic carbocycles. The lowest BCUT2D eigenvalue weighted by Crippen LogP contribution is -2.49. The van der Waals surface area contributed by atoms with Crippen molar-refractivity contribution in [3.8, 4) is 17.2 Å². The second-order valence-electron chi connectivity index (χ2n) is 7.19. The van der Waals surface area contributed by atoms with Crippen LogP contribution in [0.4, 0.5) is 0 Å². The van der Waals surface area contributed by atoms with Gasteiger partial charge in [-0.15, -0.1) is 0 Å². The lowest BCUT2D eigenvalue weighted by atomic mass is 10.2. The summed E-state index contributed by atoms with van der Waals surface area (Å²) in [5.41, 5.74) is 1.19. The Labute approximate surface area is 176 Å². The van der Waals surface area contributed by atoms with Crippen molar-refractivity contribution in [2.45, 2.75) is 6.54 Å². The number of piperazine rings is 1. The minimum absolute atomic E-state index is 0.0145. The van der Waals surface area contributed by atoms with Crippen LogP contribution in [0.5, 0.6) is 17.2 Å². The van der Waals surface area contributed by atoms with Crippen molar-refractivity contribution < 1.29 is 14.3 Å². The van der Waals surface area contributed by atoms with Gasteiger partial charge in [0.1, 0.15) is 17.2 Å². The molecule has 0 unspecified atom stereocenters. The normalized spacial score (nSPS) is 14.3. The number of pyridine rings is 1. The van der Waals surface area contributed by atoms with E-state index in [0.717, 1.165) is 31.1 Å². The topological polar surface area (TPSA) is 54.9 Å². The van der Waals surface area contributed by atoms with Crippen LogP contribution in [0.15, 0.2) is 79.1 Å². The van der Waals surface area contributed by atoms with Crippen LogP contribution in [-0.4, -0.2) is 53.5 Å². The van der Waals surface area contributed by atoms with Crippen LogP contribution in [0, 0.1) is 0 Å². The van der Waals surface area contributed by atoms with Crippen LogP contribution >= 0.6 is 0 Å². The molecule has 0 bridgehead atoms. The van der Waals surface area contributed by atoms with E-state index in [9.17, 15) is 4.79 Å². The zero-order chi connectivity index (χ0) is 20.6. The van der Waals surface area contributed by atoms with E-state index < -0.39 is 0 Å². The number of benzene rings is 2. The van der Waals surface area contributed by atoms with Crippen LogP contribution in [0.2, 0.25) is 0 Å². The first-order chi connectivity index (χ1) is 14.8. The summed E-state index contributed by atoms with van der Waals surface area (Å²) < 4.78 is 11.4. The van der Waals surface area contributed by atoms with Gasteiger partial charge in [-0.05, 0) is 48.0 Å². The van der Waals surface area contributed by atoms with Gasteiger partial charge >= 0.3 is 0 Å². The monoisotopic (exact) mass is 403 g/mol. The molecule has 1 fully saturated rings. The standard InChI is InChI=1S/C24H25N3O3/c28-24(27-15-13-26(14-16-27)18-20-5-4-12-25-17-20)19-29-21-8-10-23(11-9-21)30-22-6-2-1-3-7-22/h1-12,17H,13-16,18-19H2. The maximum Gasteiger partial charge on any atom is 0.260 e. The molecule has 2 aromatic carbocycles. The Hall–Kier alpha value is -3.38. The molecule has 2 heterocycles. The van der Waals surface area contributed by atoms with Crippen LogP contribution in [0.25, 0.3) is 0 Å². The first kappa shape index (κ1) is 19.9. The summed E-state index contributed by atoms with van der Waals surface area (Å²) in [5, 5.41) is 0. The number of hydrogen-bond acceptors (Lipinski definition) is 5. The smallest absolute Gasteiger partial charge is 0.260 e. The lowest BCUT2D eigenvalue weighted by molar-refractivity contribution is -0.135. The zero-order valence-electron chi connectivity index (χ0n) is 16.8. The van der Waals surface area contributed by atoms with Crippen molar-refractivity contribution in [2.24, 2.45) is 0 Å². The van der Waals surface area contributed by atoms with Crippen molar-refractivity contribution >= 4 is 5.91 Å². The molecule has 1 saturated heterocycles. The minimum Gasteiger partial charge on any atom is -0.484 e. The highest BCUT2D eigenvalue weighted by atomic mass is 16.5. The number of ether oxygens (including phenoxy) is 2. The highest BCUT2D eigenvalue weighted by molar-refractivity contribution is 5.77. The average molecular weight is 403 g/mol. The van der Waals surface area contributed by atoms with E-state index in [4.69, 9.17) is 9.47 Å². The Bertz CT molecular complexity index is 925. The van der Waals surface area contributed by atoms with E-state index in [1.165, 1.54) is 5.56 Å². The van der Waals surface area contributed by atoms with Gasteiger partial charge in [-0.3, -0.25) is 14.7 Å². The van der Waals surface area contributed by atoms with E-state index in [1.54, 1.807) is 6.20 Å². The highest BCUT2D eigenvalue weighted by Gasteiger charge is 2.21. The number of carbonyl (C=O) groups excluding carboxylic acids is 1. The van der Waals surface area contributed by atoms with Gasteiger partial charge in [-0.1, -0.05) is 24.3 Å². The molecule has 0 spiro atoms. The fourth-order valence-corrected chi connectivity index (χ4v) is 3.37. The molecular weight excluding hydrogens is 378 g/mol. The third-order valence-electron chi connectivity index (χ3n) is 5.02. The molecule has 4 rings (SSSR count). The predicted octanol–water partition coefficient (Wildman–Crippen LogP) is 3.60. The van der Waals surface area contributed by atoms with Gasteiger partial charge in [0.05, 0.1) is 0 Å². The molecule has 1 amide bonds. The first-order valence-corrected chi connectivity index (χ1v) is 10.1. The van der Waals surface area contributed by atoms with Gasteiger partial charge in [-0.2, -0.15) is 0 Å². The lowest BCUT2D eigenvalue weighted by Gasteiger charge is -2.34. The van der Waals surface area contributed by atoms with Crippen molar-refractivity contribution in [3.63, 3.8) is 0 Å². The maximum atomic E-state index is 12.5. The van der Waals surface area contributed by atoms with Gasteiger partial charge < -0.3 is 14.4 Å². The van der Waals surface area contributed by atoms with E-state index in [-0.39, 0.29) is 12.5 Å².